The maximum atomic E-state index is 13.8. The fourth-order valence-electron chi connectivity index (χ4n) is 2.70. The smallest absolute Gasteiger partial charge is 0.343 e. The van der Waals surface area contributed by atoms with Crippen LogP contribution in [0.25, 0.3) is 10.9 Å². The first kappa shape index (κ1) is 15.6. The van der Waals surface area contributed by atoms with Gasteiger partial charge in [0, 0.05) is 24.2 Å². The highest BCUT2D eigenvalue weighted by Gasteiger charge is 2.40. The minimum absolute atomic E-state index is 0.0578. The number of carbonyl (C=O) groups excluding carboxylic acids is 1. The van der Waals surface area contributed by atoms with Crippen molar-refractivity contribution in [2.45, 2.75) is 32.5 Å². The predicted molar refractivity (Wildman–Crippen MR) is 77.4 cm³/mol. The molecule has 122 valence electrons. The van der Waals surface area contributed by atoms with Crippen LogP contribution in [0.2, 0.25) is 0 Å². The molecule has 0 radical (unpaired) electrons. The van der Waals surface area contributed by atoms with Gasteiger partial charge in [-0.25, -0.2) is 18.0 Å². The number of ether oxygens (including phenoxy) is 1. The molecule has 0 bridgehead atoms. The Morgan fingerprint density at radius 3 is 2.65 bits per heavy atom. The van der Waals surface area contributed by atoms with Crippen LogP contribution in [0.4, 0.5) is 13.2 Å². The lowest BCUT2D eigenvalue weighted by Crippen LogP contribution is -2.22. The molecule has 7 heteroatoms. The third-order valence-electron chi connectivity index (χ3n) is 3.99. The van der Waals surface area contributed by atoms with Crippen LogP contribution in [-0.2, 0) is 4.74 Å². The monoisotopic (exact) mass is 325 g/mol. The average Bonchev–Trinajstić information content (AvgIpc) is 3.21. The summed E-state index contributed by atoms with van der Waals surface area (Å²) in [4.78, 5) is 24.5. The molecule has 0 amide bonds. The maximum absolute atomic E-state index is 13.8. The van der Waals surface area contributed by atoms with Crippen LogP contribution in [0.5, 0.6) is 0 Å². The molecule has 1 heterocycles. The van der Waals surface area contributed by atoms with Gasteiger partial charge in [0.15, 0.2) is 11.6 Å². The number of nitrogens with zero attached hydrogens (tertiary/aromatic N) is 1. The highest BCUT2D eigenvalue weighted by atomic mass is 19.2. The van der Waals surface area contributed by atoms with E-state index in [9.17, 15) is 22.8 Å². The molecule has 0 N–H and O–H groups in total. The molecule has 1 aliphatic carbocycles. The molecular weight excluding hydrogens is 311 g/mol. The first-order chi connectivity index (χ1) is 10.9. The molecule has 1 saturated carbocycles. The van der Waals surface area contributed by atoms with Crippen LogP contribution < -0.4 is 5.43 Å². The van der Waals surface area contributed by atoms with Gasteiger partial charge in [-0.3, -0.25) is 4.79 Å². The molecule has 2 atom stereocenters. The van der Waals surface area contributed by atoms with Crippen LogP contribution in [0.1, 0.15) is 35.3 Å². The van der Waals surface area contributed by atoms with Crippen molar-refractivity contribution in [1.82, 2.24) is 4.57 Å². The number of fused-ring (bicyclic) bond motifs is 1. The Bertz CT molecular complexity index is 875. The van der Waals surface area contributed by atoms with Gasteiger partial charge in [-0.15, -0.1) is 0 Å². The van der Waals surface area contributed by atoms with Gasteiger partial charge in [0.05, 0.1) is 23.6 Å². The molecule has 0 aliphatic heterocycles. The van der Waals surface area contributed by atoms with E-state index in [0.717, 1.165) is 6.07 Å². The van der Waals surface area contributed by atoms with E-state index in [1.54, 1.807) is 6.92 Å². The van der Waals surface area contributed by atoms with Gasteiger partial charge in [-0.1, -0.05) is 0 Å². The molecule has 1 aliphatic rings. The second kappa shape index (κ2) is 5.40. The van der Waals surface area contributed by atoms with Crippen molar-refractivity contribution in [1.29, 1.82) is 0 Å². The quantitative estimate of drug-likeness (QED) is 0.815. The number of halogens is 3. The summed E-state index contributed by atoms with van der Waals surface area (Å²) in [5.74, 6) is -3.15. The lowest BCUT2D eigenvalue weighted by molar-refractivity contribution is 0.0524. The van der Waals surface area contributed by atoms with Crippen LogP contribution in [-0.4, -0.2) is 23.3 Å². The summed E-state index contributed by atoms with van der Waals surface area (Å²) in [6.07, 6.45) is 0.214. The summed E-state index contributed by atoms with van der Waals surface area (Å²) in [6.45, 7) is 2.89. The summed E-state index contributed by atoms with van der Waals surface area (Å²) in [5.41, 5.74) is -1.19. The van der Waals surface area contributed by atoms with Crippen molar-refractivity contribution in [3.05, 3.63) is 45.2 Å². The van der Waals surface area contributed by atoms with Crippen molar-refractivity contribution < 1.29 is 22.7 Å². The average molecular weight is 325 g/mol. The Labute approximate surface area is 129 Å². The molecule has 1 aromatic heterocycles. The van der Waals surface area contributed by atoms with Gasteiger partial charge in [0.2, 0.25) is 5.43 Å². The van der Waals surface area contributed by atoms with Crippen molar-refractivity contribution in [3.63, 3.8) is 0 Å². The Hall–Kier alpha value is -2.31. The molecule has 3 rings (SSSR count). The third kappa shape index (κ3) is 2.40. The Balaban J connectivity index is 2.38. The van der Waals surface area contributed by atoms with Gasteiger partial charge in [-0.2, -0.15) is 0 Å². The molecule has 1 aromatic carbocycles. The minimum atomic E-state index is -1.16. The van der Waals surface area contributed by atoms with E-state index in [1.807, 2.05) is 0 Å². The van der Waals surface area contributed by atoms with Gasteiger partial charge in [0.25, 0.3) is 0 Å². The van der Waals surface area contributed by atoms with Gasteiger partial charge in [-0.05, 0) is 13.8 Å². The van der Waals surface area contributed by atoms with Crippen LogP contribution in [0.15, 0.2) is 17.1 Å². The minimum Gasteiger partial charge on any atom is -0.462 e. The first-order valence-corrected chi connectivity index (χ1v) is 7.21. The summed E-state index contributed by atoms with van der Waals surface area (Å²) >= 11 is 0. The topological polar surface area (TPSA) is 48.3 Å². The highest BCUT2D eigenvalue weighted by molar-refractivity contribution is 5.95. The van der Waals surface area contributed by atoms with Crippen LogP contribution >= 0.6 is 0 Å². The normalized spacial score (nSPS) is 19.9. The number of esters is 1. The molecule has 1 fully saturated rings. The zero-order valence-electron chi connectivity index (χ0n) is 12.5. The van der Waals surface area contributed by atoms with Gasteiger partial charge < -0.3 is 9.30 Å². The van der Waals surface area contributed by atoms with Crippen LogP contribution in [0.3, 0.4) is 0 Å². The number of aromatic nitrogens is 1. The Morgan fingerprint density at radius 1 is 1.43 bits per heavy atom. The largest absolute Gasteiger partial charge is 0.462 e. The molecular formula is C16H14F3NO3. The zero-order valence-corrected chi connectivity index (χ0v) is 12.5. The second-order valence-corrected chi connectivity index (χ2v) is 5.51. The van der Waals surface area contributed by atoms with Crippen molar-refractivity contribution in [3.8, 4) is 0 Å². The molecule has 0 spiro atoms. The SMILES string of the molecule is CCOC(=O)c1cn([C@@H]2C[C@@H]2F)c2cc(F)c(F)c(C)c2c1=O. The summed E-state index contributed by atoms with van der Waals surface area (Å²) in [7, 11) is 0. The molecule has 4 nitrogen and oxygen atoms in total. The van der Waals surface area contributed by atoms with E-state index in [4.69, 9.17) is 4.74 Å². The number of carbonyl (C=O) groups is 1. The molecule has 0 unspecified atom stereocenters. The number of alkyl halides is 1. The van der Waals surface area contributed by atoms with Gasteiger partial charge in [0.1, 0.15) is 11.7 Å². The third-order valence-corrected chi connectivity index (χ3v) is 3.99. The zero-order chi connectivity index (χ0) is 16.9. The second-order valence-electron chi connectivity index (χ2n) is 5.51. The Kier molecular flexibility index (Phi) is 3.66. The summed E-state index contributed by atoms with van der Waals surface area (Å²) in [6, 6.07) is 0.259. The molecule has 2 aromatic rings. The van der Waals surface area contributed by atoms with Gasteiger partial charge >= 0.3 is 5.97 Å². The fraction of sp³-hybridized carbons (Fsp3) is 0.375. The summed E-state index contributed by atoms with van der Waals surface area (Å²) < 4.78 is 47.1. The number of hydrogen-bond donors (Lipinski definition) is 0. The first-order valence-electron chi connectivity index (χ1n) is 7.21. The number of hydrogen-bond acceptors (Lipinski definition) is 3. The van der Waals surface area contributed by atoms with E-state index in [1.165, 1.54) is 17.7 Å². The van der Waals surface area contributed by atoms with Crippen molar-refractivity contribution >= 4 is 16.9 Å². The van der Waals surface area contributed by atoms with E-state index < -0.39 is 35.2 Å². The lowest BCUT2D eigenvalue weighted by Gasteiger charge is -2.14. The lowest BCUT2D eigenvalue weighted by atomic mass is 10.0. The van der Waals surface area contributed by atoms with E-state index >= 15 is 0 Å². The van der Waals surface area contributed by atoms with E-state index in [-0.39, 0.29) is 35.1 Å². The molecule has 0 saturated heterocycles. The number of aryl methyl sites for hydroxylation is 1. The van der Waals surface area contributed by atoms with Crippen molar-refractivity contribution in [2.75, 3.05) is 6.61 Å². The fourth-order valence-corrected chi connectivity index (χ4v) is 2.70. The van der Waals surface area contributed by atoms with E-state index in [0.29, 0.717) is 0 Å². The summed E-state index contributed by atoms with van der Waals surface area (Å²) in [5, 5.41) is -0.131. The molecule has 23 heavy (non-hydrogen) atoms. The number of benzene rings is 1. The van der Waals surface area contributed by atoms with E-state index in [2.05, 4.69) is 0 Å². The standard InChI is InChI=1S/C16H14F3NO3/c1-3-23-16(22)8-6-20(11-4-9(11)17)12-5-10(18)14(19)7(2)13(12)15(8)21/h5-6,9,11H,3-4H2,1-2H3/t9-,11+/m0/s1. The number of rotatable bonds is 3. The predicted octanol–water partition coefficient (Wildman–Crippen LogP) is 3.05. The van der Waals surface area contributed by atoms with Crippen LogP contribution in [0, 0.1) is 18.6 Å². The number of pyridine rings is 1. The highest BCUT2D eigenvalue weighted by Crippen LogP contribution is 2.41. The van der Waals surface area contributed by atoms with Crippen molar-refractivity contribution in [2.24, 2.45) is 0 Å². The maximum Gasteiger partial charge on any atom is 0.343 e. The Morgan fingerprint density at radius 2 is 2.09 bits per heavy atom.